The molecule has 0 spiro atoms. The average molecular weight is 443 g/mol. The van der Waals surface area contributed by atoms with Crippen molar-refractivity contribution in [3.05, 3.63) is 69.8 Å². The van der Waals surface area contributed by atoms with Crippen molar-refractivity contribution in [2.45, 2.75) is 19.4 Å². The third kappa shape index (κ3) is 4.60. The summed E-state index contributed by atoms with van der Waals surface area (Å²) in [5.74, 6) is -1.25. The summed E-state index contributed by atoms with van der Waals surface area (Å²) in [6.45, 7) is 3.09. The molecule has 7 heteroatoms. The molecule has 1 amide bonds. The molecular formula is C24H27ClN2O4. The molecule has 1 heterocycles. The molecule has 164 valence electrons. The van der Waals surface area contributed by atoms with E-state index in [-0.39, 0.29) is 16.9 Å². The number of benzene rings is 2. The number of aryl methyl sites for hydroxylation is 1. The molecule has 1 saturated heterocycles. The van der Waals surface area contributed by atoms with Gasteiger partial charge in [0.2, 0.25) is 0 Å². The summed E-state index contributed by atoms with van der Waals surface area (Å²) in [4.78, 5) is 29.7. The smallest absolute Gasteiger partial charge is 0.295 e. The van der Waals surface area contributed by atoms with Gasteiger partial charge in [-0.2, -0.15) is 0 Å². The molecule has 1 aliphatic rings. The highest BCUT2D eigenvalue weighted by atomic mass is 35.5. The molecule has 3 rings (SSSR count). The minimum atomic E-state index is -0.711. The molecule has 2 aromatic carbocycles. The van der Waals surface area contributed by atoms with Crippen LogP contribution in [0.5, 0.6) is 5.75 Å². The Kier molecular flexibility index (Phi) is 7.03. The first-order valence-electron chi connectivity index (χ1n) is 10.1. The molecule has 1 atom stereocenters. The number of carbonyl (C=O) groups excluding carboxylic acids is 2. The van der Waals surface area contributed by atoms with Gasteiger partial charge in [-0.3, -0.25) is 9.59 Å². The number of hydrogen-bond acceptors (Lipinski definition) is 5. The van der Waals surface area contributed by atoms with Crippen LogP contribution in [0.1, 0.15) is 29.2 Å². The van der Waals surface area contributed by atoms with Crippen molar-refractivity contribution in [1.82, 2.24) is 9.80 Å². The SMILES string of the molecule is COc1ccc(Cl)cc1/C(O)=C1\C(=O)C(=O)N(CCCN(C)C)C1c1ccccc1C. The zero-order valence-corrected chi connectivity index (χ0v) is 18.9. The first kappa shape index (κ1) is 22.8. The van der Waals surface area contributed by atoms with E-state index in [0.29, 0.717) is 23.7 Å². The number of carbonyl (C=O) groups is 2. The molecule has 6 nitrogen and oxygen atoms in total. The summed E-state index contributed by atoms with van der Waals surface area (Å²) < 4.78 is 5.36. The first-order chi connectivity index (χ1) is 14.8. The highest BCUT2D eigenvalue weighted by Crippen LogP contribution is 2.42. The number of ketones is 1. The van der Waals surface area contributed by atoms with Gasteiger partial charge in [0.1, 0.15) is 11.5 Å². The third-order valence-electron chi connectivity index (χ3n) is 5.44. The number of hydrogen-bond donors (Lipinski definition) is 1. The number of amides is 1. The van der Waals surface area contributed by atoms with Gasteiger partial charge in [0.25, 0.3) is 11.7 Å². The van der Waals surface area contributed by atoms with Crippen LogP contribution in [0.25, 0.3) is 5.76 Å². The Morgan fingerprint density at radius 2 is 1.90 bits per heavy atom. The highest BCUT2D eigenvalue weighted by Gasteiger charge is 2.46. The van der Waals surface area contributed by atoms with Gasteiger partial charge in [0, 0.05) is 11.6 Å². The zero-order valence-electron chi connectivity index (χ0n) is 18.2. The van der Waals surface area contributed by atoms with Crippen molar-refractivity contribution in [1.29, 1.82) is 0 Å². The van der Waals surface area contributed by atoms with E-state index in [1.54, 1.807) is 17.0 Å². The average Bonchev–Trinajstić information content (AvgIpc) is 2.98. The molecule has 2 aromatic rings. The lowest BCUT2D eigenvalue weighted by Gasteiger charge is -2.27. The Morgan fingerprint density at radius 3 is 2.55 bits per heavy atom. The summed E-state index contributed by atoms with van der Waals surface area (Å²) in [6, 6.07) is 11.7. The molecule has 1 fully saturated rings. The molecule has 31 heavy (non-hydrogen) atoms. The van der Waals surface area contributed by atoms with Crippen molar-refractivity contribution in [2.75, 3.05) is 34.3 Å². The number of nitrogens with zero attached hydrogens (tertiary/aromatic N) is 2. The van der Waals surface area contributed by atoms with Crippen LogP contribution in [0.4, 0.5) is 0 Å². The fourth-order valence-electron chi connectivity index (χ4n) is 3.90. The molecule has 0 radical (unpaired) electrons. The normalized spacial score (nSPS) is 18.1. The second-order valence-corrected chi connectivity index (χ2v) is 8.29. The minimum absolute atomic E-state index is 0.0460. The van der Waals surface area contributed by atoms with Crippen LogP contribution in [-0.4, -0.2) is 60.9 Å². The standard InChI is InChI=1S/C24H27ClN2O4/c1-15-8-5-6-9-17(15)21-20(22(28)18-14-16(25)10-11-19(18)31-4)23(29)24(30)27(21)13-7-12-26(2)3/h5-6,8-11,14,21,28H,7,12-13H2,1-4H3/b22-20+. The van der Waals surface area contributed by atoms with Crippen LogP contribution in [-0.2, 0) is 9.59 Å². The zero-order chi connectivity index (χ0) is 22.7. The second kappa shape index (κ2) is 9.54. The Labute approximate surface area is 187 Å². The topological polar surface area (TPSA) is 70.1 Å². The molecule has 1 unspecified atom stereocenters. The lowest BCUT2D eigenvalue weighted by Crippen LogP contribution is -2.32. The van der Waals surface area contributed by atoms with E-state index < -0.39 is 17.7 Å². The van der Waals surface area contributed by atoms with Crippen molar-refractivity contribution < 1.29 is 19.4 Å². The van der Waals surface area contributed by atoms with Gasteiger partial charge in [-0.25, -0.2) is 0 Å². The lowest BCUT2D eigenvalue weighted by atomic mass is 9.92. The molecule has 0 aliphatic carbocycles. The Balaban J connectivity index is 2.18. The maximum atomic E-state index is 13.1. The minimum Gasteiger partial charge on any atom is -0.507 e. The molecule has 1 N–H and O–H groups in total. The van der Waals surface area contributed by atoms with Crippen molar-refractivity contribution in [3.8, 4) is 5.75 Å². The van der Waals surface area contributed by atoms with E-state index in [9.17, 15) is 14.7 Å². The second-order valence-electron chi connectivity index (χ2n) is 7.85. The largest absolute Gasteiger partial charge is 0.507 e. The van der Waals surface area contributed by atoms with Crippen LogP contribution in [0.2, 0.25) is 5.02 Å². The number of methoxy groups -OCH3 is 1. The fourth-order valence-corrected chi connectivity index (χ4v) is 4.07. The molecule has 0 saturated carbocycles. The highest BCUT2D eigenvalue weighted by molar-refractivity contribution is 6.46. The van der Waals surface area contributed by atoms with Gasteiger partial charge in [-0.1, -0.05) is 35.9 Å². The summed E-state index contributed by atoms with van der Waals surface area (Å²) in [6.07, 6.45) is 0.697. The maximum absolute atomic E-state index is 13.1. The Bertz CT molecular complexity index is 1030. The molecular weight excluding hydrogens is 416 g/mol. The summed E-state index contributed by atoms with van der Waals surface area (Å²) in [7, 11) is 5.38. The van der Waals surface area contributed by atoms with E-state index in [4.69, 9.17) is 16.3 Å². The van der Waals surface area contributed by atoms with E-state index in [1.807, 2.05) is 50.2 Å². The van der Waals surface area contributed by atoms with Gasteiger partial charge in [0.05, 0.1) is 24.3 Å². The van der Waals surface area contributed by atoms with Gasteiger partial charge in [-0.15, -0.1) is 0 Å². The summed E-state index contributed by atoms with van der Waals surface area (Å²) >= 11 is 6.14. The number of halogens is 1. The summed E-state index contributed by atoms with van der Waals surface area (Å²) in [5.41, 5.74) is 2.05. The predicted octanol–water partition coefficient (Wildman–Crippen LogP) is 4.03. The Morgan fingerprint density at radius 1 is 1.19 bits per heavy atom. The maximum Gasteiger partial charge on any atom is 0.295 e. The van der Waals surface area contributed by atoms with Crippen LogP contribution in [0, 0.1) is 6.92 Å². The van der Waals surface area contributed by atoms with Crippen LogP contribution in [0.15, 0.2) is 48.0 Å². The number of rotatable bonds is 7. The number of Topliss-reactive ketones (excluding diaryl/α,β-unsaturated/α-hetero) is 1. The monoisotopic (exact) mass is 442 g/mol. The van der Waals surface area contributed by atoms with Crippen LogP contribution in [0.3, 0.4) is 0 Å². The summed E-state index contributed by atoms with van der Waals surface area (Å²) in [5, 5.41) is 11.6. The molecule has 0 aromatic heterocycles. The van der Waals surface area contributed by atoms with E-state index >= 15 is 0 Å². The third-order valence-corrected chi connectivity index (χ3v) is 5.68. The van der Waals surface area contributed by atoms with Gasteiger partial charge >= 0.3 is 0 Å². The van der Waals surface area contributed by atoms with E-state index in [0.717, 1.165) is 17.7 Å². The number of aliphatic hydroxyl groups is 1. The van der Waals surface area contributed by atoms with E-state index in [2.05, 4.69) is 0 Å². The van der Waals surface area contributed by atoms with Crippen LogP contribution < -0.4 is 4.74 Å². The quantitative estimate of drug-likeness (QED) is 0.398. The van der Waals surface area contributed by atoms with Crippen molar-refractivity contribution >= 4 is 29.1 Å². The van der Waals surface area contributed by atoms with E-state index in [1.165, 1.54) is 13.2 Å². The van der Waals surface area contributed by atoms with Gasteiger partial charge in [0.15, 0.2) is 0 Å². The van der Waals surface area contributed by atoms with Crippen molar-refractivity contribution in [3.63, 3.8) is 0 Å². The predicted molar refractivity (Wildman–Crippen MR) is 121 cm³/mol. The molecule has 1 aliphatic heterocycles. The van der Waals surface area contributed by atoms with Gasteiger partial charge < -0.3 is 19.6 Å². The number of aliphatic hydroxyl groups excluding tert-OH is 1. The Hall–Kier alpha value is -2.83. The van der Waals surface area contributed by atoms with Crippen molar-refractivity contribution in [2.24, 2.45) is 0 Å². The van der Waals surface area contributed by atoms with Gasteiger partial charge in [-0.05, 0) is 63.3 Å². The molecule has 0 bridgehead atoms. The number of ether oxygens (including phenoxy) is 1. The van der Waals surface area contributed by atoms with Crippen LogP contribution >= 0.6 is 11.6 Å². The lowest BCUT2D eigenvalue weighted by molar-refractivity contribution is -0.139. The fraction of sp³-hybridized carbons (Fsp3) is 0.333. The first-order valence-corrected chi connectivity index (χ1v) is 10.5. The number of likely N-dealkylation sites (tertiary alicyclic amines) is 1.